The lowest BCUT2D eigenvalue weighted by molar-refractivity contribution is -0.157. The summed E-state index contributed by atoms with van der Waals surface area (Å²) in [6.07, 6.45) is 12.8. The third kappa shape index (κ3) is 11.7. The summed E-state index contributed by atoms with van der Waals surface area (Å²) in [7, 11) is 0. The van der Waals surface area contributed by atoms with E-state index < -0.39 is 24.2 Å². The van der Waals surface area contributed by atoms with Gasteiger partial charge in [-0.3, -0.25) is 14.4 Å². The average Bonchev–Trinajstić information content (AvgIpc) is 2.77. The Kier molecular flexibility index (Phi) is 13.1. The molecule has 2 heterocycles. The van der Waals surface area contributed by atoms with Crippen molar-refractivity contribution in [3.05, 3.63) is 36.0 Å². The Morgan fingerprint density at radius 2 is 1.83 bits per heavy atom. The number of carbonyl (C=O) groups is 3. The minimum absolute atomic E-state index is 0.0693. The van der Waals surface area contributed by atoms with Gasteiger partial charge in [-0.15, -0.1) is 0 Å². The molecule has 0 saturated carbocycles. The number of esters is 1. The summed E-state index contributed by atoms with van der Waals surface area (Å²) in [6, 6.07) is 0. The number of allylic oxidation sites excluding steroid dienone is 3. The van der Waals surface area contributed by atoms with Crippen molar-refractivity contribution < 1.29 is 29.0 Å². The molecule has 0 spiro atoms. The molecule has 1 amide bonds. The van der Waals surface area contributed by atoms with Crippen molar-refractivity contribution >= 4 is 17.7 Å². The first-order valence-corrected chi connectivity index (χ1v) is 13.5. The molecule has 2 aliphatic heterocycles. The predicted octanol–water partition coefficient (Wildman–Crippen LogP) is 4.93. The van der Waals surface area contributed by atoms with Crippen LogP contribution in [0, 0.1) is 11.8 Å². The van der Waals surface area contributed by atoms with Gasteiger partial charge >= 0.3 is 5.97 Å². The van der Waals surface area contributed by atoms with E-state index in [1.165, 1.54) is 6.08 Å². The molecule has 36 heavy (non-hydrogen) atoms. The van der Waals surface area contributed by atoms with E-state index in [0.29, 0.717) is 25.2 Å². The van der Waals surface area contributed by atoms with Gasteiger partial charge in [0, 0.05) is 31.8 Å². The van der Waals surface area contributed by atoms with E-state index in [0.717, 1.165) is 37.7 Å². The molecule has 0 aromatic carbocycles. The molecule has 2 bridgehead atoms. The van der Waals surface area contributed by atoms with Crippen LogP contribution in [0.15, 0.2) is 36.0 Å². The minimum Gasteiger partial charge on any atom is -0.457 e. The van der Waals surface area contributed by atoms with E-state index in [-0.39, 0.29) is 36.8 Å². The molecule has 0 aromatic rings. The molecule has 2 N–H and O–H groups in total. The van der Waals surface area contributed by atoms with Gasteiger partial charge in [-0.05, 0) is 64.2 Å². The summed E-state index contributed by atoms with van der Waals surface area (Å²) < 4.78 is 12.0. The van der Waals surface area contributed by atoms with Crippen LogP contribution in [0.3, 0.4) is 0 Å². The monoisotopic (exact) mass is 503 g/mol. The number of hydrogen-bond donors (Lipinski definition) is 2. The molecule has 0 aliphatic carbocycles. The second kappa shape index (κ2) is 15.8. The SMILES string of the molecule is C/C=C/C=C\C(=O)N[C@@H](O)[C@@H]1C/C(C)=C/[C@@H]2C[C@H](C)C[C@H](CCCC(=O)C[C@H](C)CCCC(=O)O1)O2. The Bertz CT molecular complexity index is 817. The number of nitrogens with one attached hydrogen (secondary N) is 1. The second-order valence-corrected chi connectivity index (χ2v) is 10.6. The van der Waals surface area contributed by atoms with Gasteiger partial charge in [0.15, 0.2) is 6.23 Å². The number of hydrogen-bond acceptors (Lipinski definition) is 6. The van der Waals surface area contributed by atoms with E-state index in [2.05, 4.69) is 12.2 Å². The molecular weight excluding hydrogens is 458 g/mol. The first-order chi connectivity index (χ1) is 17.2. The zero-order valence-electron chi connectivity index (χ0n) is 22.4. The van der Waals surface area contributed by atoms with Gasteiger partial charge in [0.25, 0.3) is 0 Å². The molecule has 202 valence electrons. The lowest BCUT2D eigenvalue weighted by Gasteiger charge is -2.33. The van der Waals surface area contributed by atoms with Gasteiger partial charge in [0.1, 0.15) is 11.9 Å². The lowest BCUT2D eigenvalue weighted by Crippen LogP contribution is -2.45. The van der Waals surface area contributed by atoms with Gasteiger partial charge in [-0.1, -0.05) is 43.7 Å². The highest BCUT2D eigenvalue weighted by molar-refractivity contribution is 5.87. The van der Waals surface area contributed by atoms with Gasteiger partial charge in [-0.25, -0.2) is 0 Å². The van der Waals surface area contributed by atoms with Gasteiger partial charge in [0.2, 0.25) is 5.91 Å². The van der Waals surface area contributed by atoms with Crippen molar-refractivity contribution in [3.8, 4) is 0 Å². The van der Waals surface area contributed by atoms with Crippen LogP contribution in [0.2, 0.25) is 0 Å². The topological polar surface area (TPSA) is 102 Å². The summed E-state index contributed by atoms with van der Waals surface area (Å²) in [6.45, 7) is 8.02. The van der Waals surface area contributed by atoms with Crippen LogP contribution < -0.4 is 5.32 Å². The Morgan fingerprint density at radius 3 is 2.58 bits per heavy atom. The molecule has 1 saturated heterocycles. The summed E-state index contributed by atoms with van der Waals surface area (Å²) >= 11 is 0. The van der Waals surface area contributed by atoms with Crippen molar-refractivity contribution in [1.82, 2.24) is 5.32 Å². The fourth-order valence-corrected chi connectivity index (χ4v) is 5.00. The van der Waals surface area contributed by atoms with Crippen LogP contribution in [-0.4, -0.2) is 47.3 Å². The number of cyclic esters (lactones) is 1. The summed E-state index contributed by atoms with van der Waals surface area (Å²) in [4.78, 5) is 37.2. The quantitative estimate of drug-likeness (QED) is 0.185. The third-order valence-corrected chi connectivity index (χ3v) is 6.77. The van der Waals surface area contributed by atoms with Gasteiger partial charge in [0.05, 0.1) is 12.2 Å². The summed E-state index contributed by atoms with van der Waals surface area (Å²) in [5, 5.41) is 13.2. The van der Waals surface area contributed by atoms with Crippen LogP contribution in [0.5, 0.6) is 0 Å². The van der Waals surface area contributed by atoms with Crippen molar-refractivity contribution in [2.24, 2.45) is 11.8 Å². The normalized spacial score (nSPS) is 32.2. The zero-order chi connectivity index (χ0) is 26.5. The molecule has 2 aliphatic rings. The second-order valence-electron chi connectivity index (χ2n) is 10.6. The fourth-order valence-electron chi connectivity index (χ4n) is 5.00. The molecular formula is C29H45NO6. The molecule has 0 unspecified atom stereocenters. The molecule has 0 aromatic heterocycles. The van der Waals surface area contributed by atoms with E-state index in [9.17, 15) is 19.5 Å². The van der Waals surface area contributed by atoms with Crippen LogP contribution in [0.1, 0.15) is 91.9 Å². The highest BCUT2D eigenvalue weighted by atomic mass is 16.6. The molecule has 7 heteroatoms. The van der Waals surface area contributed by atoms with Crippen molar-refractivity contribution in [2.45, 2.75) is 116 Å². The van der Waals surface area contributed by atoms with Crippen molar-refractivity contribution in [1.29, 1.82) is 0 Å². The largest absolute Gasteiger partial charge is 0.457 e. The van der Waals surface area contributed by atoms with Crippen LogP contribution in [0.4, 0.5) is 0 Å². The number of fused-ring (bicyclic) bond motifs is 2. The Balaban J connectivity index is 2.17. The zero-order valence-corrected chi connectivity index (χ0v) is 22.4. The van der Waals surface area contributed by atoms with Crippen molar-refractivity contribution in [3.63, 3.8) is 0 Å². The minimum atomic E-state index is -1.35. The number of aliphatic hydroxyl groups is 1. The van der Waals surface area contributed by atoms with Crippen molar-refractivity contribution in [2.75, 3.05) is 0 Å². The maximum atomic E-state index is 12.6. The van der Waals surface area contributed by atoms with Crippen LogP contribution >= 0.6 is 0 Å². The highest BCUT2D eigenvalue weighted by Crippen LogP contribution is 2.29. The number of Topliss-reactive ketones (excluding diaryl/α,β-unsaturated/α-hetero) is 1. The average molecular weight is 504 g/mol. The Labute approximate surface area is 216 Å². The number of carbonyl (C=O) groups excluding carboxylic acids is 3. The maximum Gasteiger partial charge on any atom is 0.306 e. The number of amides is 1. The third-order valence-electron chi connectivity index (χ3n) is 6.77. The molecule has 1 fully saturated rings. The first kappa shape index (κ1) is 30.0. The smallest absolute Gasteiger partial charge is 0.306 e. The van der Waals surface area contributed by atoms with E-state index >= 15 is 0 Å². The first-order valence-electron chi connectivity index (χ1n) is 13.5. The lowest BCUT2D eigenvalue weighted by atomic mass is 9.89. The fraction of sp³-hybridized carbons (Fsp3) is 0.690. The van der Waals surface area contributed by atoms with E-state index in [4.69, 9.17) is 9.47 Å². The summed E-state index contributed by atoms with van der Waals surface area (Å²) in [5.41, 5.74) is 0.924. The molecule has 7 nitrogen and oxygen atoms in total. The van der Waals surface area contributed by atoms with Gasteiger partial charge < -0.3 is 19.9 Å². The standard InChI is InChI=1S/C29H45NO6/c1-5-6-7-13-27(32)30-29(34)26-19-22(4)18-25-17-21(3)16-24(35-25)12-9-11-23(31)15-20(2)10-8-14-28(33)36-26/h5-7,13,18,20-21,24-26,29,34H,8-12,14-17,19H2,1-4H3,(H,30,32)/b6-5+,13-7-,22-18+/t20-,21-,24+,25+,26+,29+/m1/s1. The molecule has 0 radical (unpaired) electrons. The summed E-state index contributed by atoms with van der Waals surface area (Å²) in [5.74, 6) is 0.0805. The Hall–Kier alpha value is -2.25. The predicted molar refractivity (Wildman–Crippen MR) is 140 cm³/mol. The molecule has 6 atom stereocenters. The number of aliphatic hydroxyl groups excluding tert-OH is 1. The number of rotatable bonds is 4. The van der Waals surface area contributed by atoms with Gasteiger partial charge in [-0.2, -0.15) is 0 Å². The van der Waals surface area contributed by atoms with E-state index in [1.807, 2.05) is 26.8 Å². The van der Waals surface area contributed by atoms with E-state index in [1.54, 1.807) is 18.2 Å². The highest BCUT2D eigenvalue weighted by Gasteiger charge is 2.28. The molecule has 2 rings (SSSR count). The Morgan fingerprint density at radius 1 is 1.08 bits per heavy atom. The van der Waals surface area contributed by atoms with Crippen LogP contribution in [-0.2, 0) is 23.9 Å². The number of ether oxygens (including phenoxy) is 2. The van der Waals surface area contributed by atoms with Crippen LogP contribution in [0.25, 0.3) is 0 Å². The number of ketones is 1. The maximum absolute atomic E-state index is 12.6.